The number of fused-ring (bicyclic) bond motifs is 1. The lowest BCUT2D eigenvalue weighted by Gasteiger charge is -1.95. The summed E-state index contributed by atoms with van der Waals surface area (Å²) in [7, 11) is 0. The van der Waals surface area contributed by atoms with Crippen LogP contribution in [0.5, 0.6) is 0 Å². The molecule has 1 N–H and O–H groups in total. The number of rotatable bonds is 2. The number of H-pyrrole nitrogens is 1. The highest BCUT2D eigenvalue weighted by Crippen LogP contribution is 2.29. The molecule has 0 saturated carbocycles. The summed E-state index contributed by atoms with van der Waals surface area (Å²) in [5.41, 5.74) is 3.96. The van der Waals surface area contributed by atoms with Crippen molar-refractivity contribution in [2.45, 2.75) is 13.3 Å². The van der Waals surface area contributed by atoms with Crippen LogP contribution in [0.25, 0.3) is 21.6 Å². The first-order valence-electron chi connectivity index (χ1n) is 5.54. The molecule has 0 aliphatic carbocycles. The average Bonchev–Trinajstić information content (AvgIpc) is 2.96. The molecule has 0 amide bonds. The molecule has 0 bridgehead atoms. The van der Waals surface area contributed by atoms with Crippen LogP contribution >= 0.6 is 11.3 Å². The number of thiazole rings is 1. The number of aromatic amines is 1. The lowest BCUT2D eigenvalue weighted by Crippen LogP contribution is -1.80. The van der Waals surface area contributed by atoms with Crippen molar-refractivity contribution in [2.75, 3.05) is 0 Å². The maximum absolute atomic E-state index is 8.75. The predicted octanol–water partition coefficient (Wildman–Crippen LogP) is 3.06. The summed E-state index contributed by atoms with van der Waals surface area (Å²) in [5.74, 6) is 0. The summed E-state index contributed by atoms with van der Waals surface area (Å²) in [5, 5.41) is 9.71. The van der Waals surface area contributed by atoms with Gasteiger partial charge in [0.15, 0.2) is 0 Å². The highest BCUT2D eigenvalue weighted by atomic mass is 32.1. The van der Waals surface area contributed by atoms with Crippen LogP contribution in [0.1, 0.15) is 10.6 Å². The van der Waals surface area contributed by atoms with E-state index >= 15 is 0 Å². The van der Waals surface area contributed by atoms with Gasteiger partial charge in [-0.2, -0.15) is 5.26 Å². The predicted molar refractivity (Wildman–Crippen MR) is 71.3 cm³/mol. The fraction of sp³-hybridized carbons (Fsp3) is 0.154. The quantitative estimate of drug-likeness (QED) is 0.764. The van der Waals surface area contributed by atoms with Gasteiger partial charge in [0, 0.05) is 10.4 Å². The number of nitrogens with zero attached hydrogens (tertiary/aromatic N) is 3. The van der Waals surface area contributed by atoms with Crippen LogP contribution in [0.2, 0.25) is 0 Å². The summed E-state index contributed by atoms with van der Waals surface area (Å²) in [6, 6.07) is 8.19. The molecule has 0 unspecified atom stereocenters. The van der Waals surface area contributed by atoms with E-state index in [9.17, 15) is 0 Å². The fourth-order valence-corrected chi connectivity index (χ4v) is 2.85. The zero-order valence-corrected chi connectivity index (χ0v) is 10.6. The lowest BCUT2D eigenvalue weighted by atomic mass is 10.2. The molecule has 0 aliphatic rings. The van der Waals surface area contributed by atoms with Gasteiger partial charge >= 0.3 is 0 Å². The molecule has 2 heterocycles. The summed E-state index contributed by atoms with van der Waals surface area (Å²) < 4.78 is 0. The first kappa shape index (κ1) is 10.9. The molecule has 18 heavy (non-hydrogen) atoms. The van der Waals surface area contributed by atoms with Gasteiger partial charge in [0.05, 0.1) is 35.5 Å². The Morgan fingerprint density at radius 2 is 2.33 bits per heavy atom. The van der Waals surface area contributed by atoms with E-state index in [-0.39, 0.29) is 0 Å². The molecule has 3 rings (SSSR count). The van der Waals surface area contributed by atoms with E-state index in [1.165, 1.54) is 0 Å². The largest absolute Gasteiger partial charge is 0.345 e. The van der Waals surface area contributed by atoms with Crippen molar-refractivity contribution in [2.24, 2.45) is 0 Å². The molecule has 5 heteroatoms. The number of hydrogen-bond donors (Lipinski definition) is 1. The Balaban J connectivity index is 2.08. The summed E-state index contributed by atoms with van der Waals surface area (Å²) in [6.07, 6.45) is 2.11. The van der Waals surface area contributed by atoms with Crippen LogP contribution in [0.3, 0.4) is 0 Å². The first-order valence-corrected chi connectivity index (χ1v) is 6.36. The molecule has 88 valence electrons. The number of aromatic nitrogens is 3. The normalized spacial score (nSPS) is 10.7. The van der Waals surface area contributed by atoms with Crippen molar-refractivity contribution in [3.05, 3.63) is 35.1 Å². The molecule has 3 aromatic rings. The van der Waals surface area contributed by atoms with Gasteiger partial charge in [0.2, 0.25) is 0 Å². The molecule has 0 radical (unpaired) electrons. The van der Waals surface area contributed by atoms with Gasteiger partial charge < -0.3 is 4.98 Å². The van der Waals surface area contributed by atoms with Crippen molar-refractivity contribution in [3.8, 4) is 16.6 Å². The second-order valence-corrected chi connectivity index (χ2v) is 5.08. The van der Waals surface area contributed by atoms with Gasteiger partial charge in [0.1, 0.15) is 5.01 Å². The third-order valence-corrected chi connectivity index (χ3v) is 4.01. The van der Waals surface area contributed by atoms with Crippen molar-refractivity contribution in [1.82, 2.24) is 15.0 Å². The zero-order valence-electron chi connectivity index (χ0n) is 9.77. The van der Waals surface area contributed by atoms with E-state index in [1.807, 2.05) is 25.1 Å². The number of hydrogen-bond acceptors (Lipinski definition) is 4. The van der Waals surface area contributed by atoms with E-state index in [0.29, 0.717) is 6.42 Å². The minimum Gasteiger partial charge on any atom is -0.345 e. The standard InChI is InChI=1S/C13H10N4S/c1-8-12(4-5-14)18-13(17-8)9-2-3-10-11(6-9)16-7-15-10/h2-3,6-7H,4H2,1H3,(H,15,16). The topological polar surface area (TPSA) is 65.4 Å². The number of benzene rings is 1. The van der Waals surface area contributed by atoms with Crippen LogP contribution < -0.4 is 0 Å². The Labute approximate surface area is 108 Å². The van der Waals surface area contributed by atoms with Crippen molar-refractivity contribution in [3.63, 3.8) is 0 Å². The van der Waals surface area contributed by atoms with Crippen LogP contribution in [-0.4, -0.2) is 15.0 Å². The Morgan fingerprint density at radius 1 is 1.44 bits per heavy atom. The number of nitrogens with one attached hydrogen (secondary N) is 1. The van der Waals surface area contributed by atoms with Crippen LogP contribution in [0.4, 0.5) is 0 Å². The summed E-state index contributed by atoms with van der Waals surface area (Å²) in [4.78, 5) is 12.8. The van der Waals surface area contributed by atoms with Gasteiger partial charge in [-0.1, -0.05) is 0 Å². The van der Waals surface area contributed by atoms with Crippen molar-refractivity contribution in [1.29, 1.82) is 5.26 Å². The molecule has 0 spiro atoms. The summed E-state index contributed by atoms with van der Waals surface area (Å²) >= 11 is 1.58. The molecule has 0 saturated heterocycles. The fourth-order valence-electron chi connectivity index (χ4n) is 1.86. The van der Waals surface area contributed by atoms with Crippen LogP contribution in [0.15, 0.2) is 24.5 Å². The minimum atomic E-state index is 0.426. The molecule has 2 aromatic heterocycles. The maximum atomic E-state index is 8.75. The molecule has 1 aromatic carbocycles. The van der Waals surface area contributed by atoms with Gasteiger partial charge in [-0.3, -0.25) is 0 Å². The molecule has 4 nitrogen and oxygen atoms in total. The smallest absolute Gasteiger partial charge is 0.123 e. The van der Waals surface area contributed by atoms with Gasteiger partial charge in [-0.25, -0.2) is 9.97 Å². The third-order valence-electron chi connectivity index (χ3n) is 2.80. The molecule has 0 fully saturated rings. The van der Waals surface area contributed by atoms with E-state index in [0.717, 1.165) is 32.2 Å². The second kappa shape index (κ2) is 4.24. The monoisotopic (exact) mass is 254 g/mol. The van der Waals surface area contributed by atoms with E-state index in [2.05, 4.69) is 21.0 Å². The van der Waals surface area contributed by atoms with E-state index in [1.54, 1.807) is 17.7 Å². The Morgan fingerprint density at radius 3 is 3.17 bits per heavy atom. The van der Waals surface area contributed by atoms with Crippen molar-refractivity contribution < 1.29 is 0 Å². The van der Waals surface area contributed by atoms with Crippen LogP contribution in [-0.2, 0) is 6.42 Å². The van der Waals surface area contributed by atoms with Gasteiger partial charge in [-0.05, 0) is 25.1 Å². The van der Waals surface area contributed by atoms with Gasteiger partial charge in [0.25, 0.3) is 0 Å². The third kappa shape index (κ3) is 1.77. The Kier molecular flexibility index (Phi) is 2.58. The van der Waals surface area contributed by atoms with Gasteiger partial charge in [-0.15, -0.1) is 11.3 Å². The van der Waals surface area contributed by atoms with Crippen molar-refractivity contribution >= 4 is 22.4 Å². The Bertz CT molecular complexity index is 748. The Hall–Kier alpha value is -2.19. The highest BCUT2D eigenvalue weighted by molar-refractivity contribution is 7.15. The lowest BCUT2D eigenvalue weighted by molar-refractivity contribution is 1.18. The average molecular weight is 254 g/mol. The van der Waals surface area contributed by atoms with E-state index < -0.39 is 0 Å². The molecular weight excluding hydrogens is 244 g/mol. The first-order chi connectivity index (χ1) is 8.78. The SMILES string of the molecule is Cc1nc(-c2ccc3nc[nH]c3c2)sc1CC#N. The molecule has 0 atom stereocenters. The summed E-state index contributed by atoms with van der Waals surface area (Å²) in [6.45, 7) is 1.95. The van der Waals surface area contributed by atoms with E-state index in [4.69, 9.17) is 5.26 Å². The maximum Gasteiger partial charge on any atom is 0.123 e. The minimum absolute atomic E-state index is 0.426. The zero-order chi connectivity index (χ0) is 12.5. The number of nitriles is 1. The van der Waals surface area contributed by atoms with Crippen LogP contribution in [0, 0.1) is 18.3 Å². The molecular formula is C13H10N4S. The number of aryl methyl sites for hydroxylation is 1. The second-order valence-electron chi connectivity index (χ2n) is 4.00. The molecule has 0 aliphatic heterocycles. The highest BCUT2D eigenvalue weighted by Gasteiger charge is 2.09. The number of imidazole rings is 1.